The van der Waals surface area contributed by atoms with Gasteiger partial charge in [-0.15, -0.1) is 24.0 Å². The van der Waals surface area contributed by atoms with Crippen molar-refractivity contribution in [2.45, 2.75) is 18.2 Å². The van der Waals surface area contributed by atoms with Crippen molar-refractivity contribution in [1.82, 2.24) is 0 Å². The van der Waals surface area contributed by atoms with Crippen LogP contribution in [0.2, 0.25) is 0 Å². The SMILES string of the molecule is CCc1ccc(I)c2scc(S)c12. The lowest BCUT2D eigenvalue weighted by Crippen LogP contribution is -1.82. The molecule has 0 aliphatic rings. The van der Waals surface area contributed by atoms with Gasteiger partial charge in [-0.2, -0.15) is 0 Å². The smallest absolute Gasteiger partial charge is 0.0490 e. The van der Waals surface area contributed by atoms with Gasteiger partial charge in [0.2, 0.25) is 0 Å². The minimum absolute atomic E-state index is 1.08. The first-order valence-electron chi connectivity index (χ1n) is 4.11. The van der Waals surface area contributed by atoms with Gasteiger partial charge < -0.3 is 0 Å². The highest BCUT2D eigenvalue weighted by atomic mass is 127. The van der Waals surface area contributed by atoms with Crippen molar-refractivity contribution >= 4 is 56.6 Å². The fraction of sp³-hybridized carbons (Fsp3) is 0.200. The molecule has 0 N–H and O–H groups in total. The van der Waals surface area contributed by atoms with Crippen LogP contribution in [0.25, 0.3) is 10.1 Å². The molecule has 2 aromatic rings. The van der Waals surface area contributed by atoms with Crippen LogP contribution in [0.1, 0.15) is 12.5 Å². The fourth-order valence-electron chi connectivity index (χ4n) is 1.46. The highest BCUT2D eigenvalue weighted by molar-refractivity contribution is 14.1. The molecule has 0 aliphatic heterocycles. The molecule has 0 nitrogen and oxygen atoms in total. The number of benzene rings is 1. The average molecular weight is 320 g/mol. The fourth-order valence-corrected chi connectivity index (χ4v) is 3.67. The molecule has 0 bridgehead atoms. The zero-order valence-electron chi connectivity index (χ0n) is 7.17. The molecular formula is C10H9IS2. The minimum atomic E-state index is 1.08. The summed E-state index contributed by atoms with van der Waals surface area (Å²) < 4.78 is 2.71. The summed E-state index contributed by atoms with van der Waals surface area (Å²) in [5, 5.41) is 3.47. The van der Waals surface area contributed by atoms with Gasteiger partial charge in [0.05, 0.1) is 0 Å². The first-order valence-corrected chi connectivity index (χ1v) is 6.52. The van der Waals surface area contributed by atoms with Gasteiger partial charge in [0.25, 0.3) is 0 Å². The summed E-state index contributed by atoms with van der Waals surface area (Å²) in [6, 6.07) is 4.39. The normalized spacial score (nSPS) is 11.0. The standard InChI is InChI=1S/C10H9IS2/c1-2-6-3-4-7(11)10-9(6)8(12)5-13-10/h3-5,12H,2H2,1H3. The molecule has 0 amide bonds. The summed E-state index contributed by atoms with van der Waals surface area (Å²) >= 11 is 8.65. The third kappa shape index (κ3) is 1.62. The second kappa shape index (κ2) is 3.79. The summed E-state index contributed by atoms with van der Waals surface area (Å²) in [4.78, 5) is 1.12. The highest BCUT2D eigenvalue weighted by Crippen LogP contribution is 2.34. The summed E-state index contributed by atoms with van der Waals surface area (Å²) in [5.74, 6) is 0. The third-order valence-corrected chi connectivity index (χ3v) is 4.93. The molecule has 2 rings (SSSR count). The molecule has 0 saturated heterocycles. The highest BCUT2D eigenvalue weighted by Gasteiger charge is 2.07. The van der Waals surface area contributed by atoms with E-state index in [0.717, 1.165) is 11.3 Å². The van der Waals surface area contributed by atoms with Crippen molar-refractivity contribution in [3.63, 3.8) is 0 Å². The van der Waals surface area contributed by atoms with E-state index < -0.39 is 0 Å². The molecule has 1 heterocycles. The van der Waals surface area contributed by atoms with E-state index in [-0.39, 0.29) is 0 Å². The maximum atomic E-state index is 4.48. The Hall–Kier alpha value is 0.260. The van der Waals surface area contributed by atoms with Gasteiger partial charge >= 0.3 is 0 Å². The Morgan fingerprint density at radius 1 is 1.46 bits per heavy atom. The first-order chi connectivity index (χ1) is 6.24. The molecule has 1 aromatic carbocycles. The second-order valence-electron chi connectivity index (χ2n) is 2.89. The van der Waals surface area contributed by atoms with Crippen molar-refractivity contribution < 1.29 is 0 Å². The predicted molar refractivity (Wildman–Crippen MR) is 71.2 cm³/mol. The largest absolute Gasteiger partial charge is 0.142 e. The molecule has 0 radical (unpaired) electrons. The lowest BCUT2D eigenvalue weighted by molar-refractivity contribution is 1.15. The van der Waals surface area contributed by atoms with Crippen LogP contribution in [-0.2, 0) is 6.42 Å². The maximum absolute atomic E-state index is 4.48. The van der Waals surface area contributed by atoms with Crippen LogP contribution in [0.5, 0.6) is 0 Å². The molecule has 0 saturated carbocycles. The summed E-state index contributed by atoms with van der Waals surface area (Å²) in [7, 11) is 0. The Bertz CT molecular complexity index is 445. The number of halogens is 1. The van der Waals surface area contributed by atoms with Crippen LogP contribution in [0, 0.1) is 3.57 Å². The van der Waals surface area contributed by atoms with Gasteiger partial charge in [0, 0.05) is 23.9 Å². The molecule has 68 valence electrons. The van der Waals surface area contributed by atoms with E-state index in [1.54, 1.807) is 11.3 Å². The number of rotatable bonds is 1. The molecule has 0 fully saturated rings. The van der Waals surface area contributed by atoms with Gasteiger partial charge in [0.15, 0.2) is 0 Å². The molecule has 0 aliphatic carbocycles. The Balaban J connectivity index is 2.88. The molecule has 0 spiro atoms. The minimum Gasteiger partial charge on any atom is -0.142 e. The number of hydrogen-bond acceptors (Lipinski definition) is 2. The predicted octanol–water partition coefficient (Wildman–Crippen LogP) is 4.36. The van der Waals surface area contributed by atoms with Gasteiger partial charge in [-0.3, -0.25) is 0 Å². The summed E-state index contributed by atoms with van der Waals surface area (Å²) in [5.41, 5.74) is 1.40. The summed E-state index contributed by atoms with van der Waals surface area (Å²) in [6.45, 7) is 2.19. The van der Waals surface area contributed by atoms with E-state index in [1.807, 2.05) is 0 Å². The van der Waals surface area contributed by atoms with E-state index >= 15 is 0 Å². The van der Waals surface area contributed by atoms with Crippen molar-refractivity contribution in [2.24, 2.45) is 0 Å². The topological polar surface area (TPSA) is 0 Å². The van der Waals surface area contributed by atoms with Crippen LogP contribution in [0.4, 0.5) is 0 Å². The van der Waals surface area contributed by atoms with E-state index in [1.165, 1.54) is 19.2 Å². The van der Waals surface area contributed by atoms with E-state index in [9.17, 15) is 0 Å². The van der Waals surface area contributed by atoms with Crippen molar-refractivity contribution in [3.8, 4) is 0 Å². The van der Waals surface area contributed by atoms with Crippen LogP contribution in [-0.4, -0.2) is 0 Å². The molecule has 13 heavy (non-hydrogen) atoms. The molecule has 3 heteroatoms. The molecular weight excluding hydrogens is 311 g/mol. The van der Waals surface area contributed by atoms with Crippen molar-refractivity contribution in [3.05, 3.63) is 26.6 Å². The zero-order chi connectivity index (χ0) is 9.42. The van der Waals surface area contributed by atoms with Gasteiger partial charge in [-0.05, 0) is 40.6 Å². The van der Waals surface area contributed by atoms with Crippen molar-refractivity contribution in [1.29, 1.82) is 0 Å². The lowest BCUT2D eigenvalue weighted by atomic mass is 10.1. The van der Waals surface area contributed by atoms with Crippen molar-refractivity contribution in [2.75, 3.05) is 0 Å². The number of hydrogen-bond donors (Lipinski definition) is 1. The number of thiol groups is 1. The monoisotopic (exact) mass is 320 g/mol. The molecule has 1 aromatic heterocycles. The lowest BCUT2D eigenvalue weighted by Gasteiger charge is -2.01. The van der Waals surface area contributed by atoms with Crippen LogP contribution >= 0.6 is 46.6 Å². The van der Waals surface area contributed by atoms with Crippen LogP contribution < -0.4 is 0 Å². The van der Waals surface area contributed by atoms with E-state index in [0.29, 0.717) is 0 Å². The second-order valence-corrected chi connectivity index (χ2v) is 5.41. The van der Waals surface area contributed by atoms with E-state index in [2.05, 4.69) is 59.7 Å². The Morgan fingerprint density at radius 3 is 2.92 bits per heavy atom. The van der Waals surface area contributed by atoms with E-state index in [4.69, 9.17) is 0 Å². The molecule has 0 unspecified atom stereocenters. The third-order valence-electron chi connectivity index (χ3n) is 2.12. The Morgan fingerprint density at radius 2 is 2.23 bits per heavy atom. The number of thiophene rings is 1. The van der Waals surface area contributed by atoms with Gasteiger partial charge in [-0.1, -0.05) is 13.0 Å². The zero-order valence-corrected chi connectivity index (χ0v) is 11.0. The maximum Gasteiger partial charge on any atom is 0.0490 e. The number of aryl methyl sites for hydroxylation is 1. The molecule has 0 atom stereocenters. The summed E-state index contributed by atoms with van der Waals surface area (Å²) in [6.07, 6.45) is 1.08. The Labute approximate surface area is 101 Å². The van der Waals surface area contributed by atoms with Gasteiger partial charge in [0.1, 0.15) is 0 Å². The average Bonchev–Trinajstić information content (AvgIpc) is 2.51. The van der Waals surface area contributed by atoms with Crippen LogP contribution in [0.15, 0.2) is 22.4 Å². The number of fused-ring (bicyclic) bond motifs is 1. The van der Waals surface area contributed by atoms with Crippen LogP contribution in [0.3, 0.4) is 0 Å². The first kappa shape index (κ1) is 9.80. The quantitative estimate of drug-likeness (QED) is 0.586. The van der Waals surface area contributed by atoms with Gasteiger partial charge in [-0.25, -0.2) is 0 Å². The Kier molecular flexibility index (Phi) is 2.86.